The SMILES string of the molecule is C=CCN(CCO)S(=O)(=O)c1cnn(CCNC2CC2)c1. The molecule has 1 aromatic rings. The summed E-state index contributed by atoms with van der Waals surface area (Å²) in [5.41, 5.74) is 0. The first-order chi connectivity index (χ1) is 10.1. The average molecular weight is 314 g/mol. The summed E-state index contributed by atoms with van der Waals surface area (Å²) < 4.78 is 27.6. The van der Waals surface area contributed by atoms with Crippen LogP contribution in [0.15, 0.2) is 29.9 Å². The molecule has 1 saturated carbocycles. The molecular formula is C13H22N4O3S. The van der Waals surface area contributed by atoms with Gasteiger partial charge in [0.05, 0.1) is 19.3 Å². The van der Waals surface area contributed by atoms with Crippen LogP contribution in [0, 0.1) is 0 Å². The van der Waals surface area contributed by atoms with Gasteiger partial charge in [-0.1, -0.05) is 6.08 Å². The minimum atomic E-state index is -3.64. The maximum absolute atomic E-state index is 12.4. The predicted octanol–water partition coefficient (Wildman–Crippen LogP) is -0.196. The number of nitrogens with one attached hydrogen (secondary N) is 1. The average Bonchev–Trinajstić information content (AvgIpc) is 3.14. The van der Waals surface area contributed by atoms with E-state index in [-0.39, 0.29) is 24.6 Å². The number of hydrogen-bond acceptors (Lipinski definition) is 5. The number of sulfonamides is 1. The molecule has 0 spiro atoms. The van der Waals surface area contributed by atoms with Crippen LogP contribution in [0.2, 0.25) is 0 Å². The first kappa shape index (κ1) is 16.2. The van der Waals surface area contributed by atoms with Gasteiger partial charge in [-0.15, -0.1) is 6.58 Å². The Balaban J connectivity index is 2.00. The van der Waals surface area contributed by atoms with Crippen molar-refractivity contribution < 1.29 is 13.5 Å². The van der Waals surface area contributed by atoms with Gasteiger partial charge in [-0.05, 0) is 12.8 Å². The van der Waals surface area contributed by atoms with Gasteiger partial charge in [0.25, 0.3) is 0 Å². The van der Waals surface area contributed by atoms with Crippen molar-refractivity contribution in [2.24, 2.45) is 0 Å². The van der Waals surface area contributed by atoms with Crippen molar-refractivity contribution in [3.63, 3.8) is 0 Å². The van der Waals surface area contributed by atoms with E-state index < -0.39 is 10.0 Å². The van der Waals surface area contributed by atoms with E-state index in [4.69, 9.17) is 5.11 Å². The second-order valence-corrected chi connectivity index (χ2v) is 6.98. The second-order valence-electron chi connectivity index (χ2n) is 5.04. The third-order valence-corrected chi connectivity index (χ3v) is 5.10. The molecule has 0 aliphatic heterocycles. The lowest BCUT2D eigenvalue weighted by molar-refractivity contribution is 0.260. The number of aromatic nitrogens is 2. The van der Waals surface area contributed by atoms with Gasteiger partial charge in [-0.2, -0.15) is 9.40 Å². The van der Waals surface area contributed by atoms with Crippen molar-refractivity contribution in [3.05, 3.63) is 25.0 Å². The van der Waals surface area contributed by atoms with E-state index >= 15 is 0 Å². The summed E-state index contributed by atoms with van der Waals surface area (Å²) in [4.78, 5) is 0.143. The number of nitrogens with zero attached hydrogens (tertiary/aromatic N) is 3. The topological polar surface area (TPSA) is 87.5 Å². The summed E-state index contributed by atoms with van der Waals surface area (Å²) in [6, 6.07) is 0.622. The Morgan fingerprint density at radius 1 is 1.57 bits per heavy atom. The molecule has 0 radical (unpaired) electrons. The molecule has 0 saturated heterocycles. The standard InChI is InChI=1S/C13H22N4O3S/c1-2-6-17(8-9-18)21(19,20)13-10-15-16(11-13)7-5-14-12-3-4-12/h2,10-12,14,18H,1,3-9H2. The minimum Gasteiger partial charge on any atom is -0.395 e. The van der Waals surface area contributed by atoms with Crippen molar-refractivity contribution in [2.45, 2.75) is 30.3 Å². The van der Waals surface area contributed by atoms with Crippen molar-refractivity contribution >= 4 is 10.0 Å². The zero-order valence-corrected chi connectivity index (χ0v) is 12.8. The molecule has 2 rings (SSSR count). The summed E-state index contributed by atoms with van der Waals surface area (Å²) in [6.45, 7) is 4.93. The Bertz CT molecular complexity index is 566. The summed E-state index contributed by atoms with van der Waals surface area (Å²) in [7, 11) is -3.64. The van der Waals surface area contributed by atoms with Crippen LogP contribution in [0.4, 0.5) is 0 Å². The largest absolute Gasteiger partial charge is 0.395 e. The third kappa shape index (κ3) is 4.37. The number of aliphatic hydroxyl groups excluding tert-OH is 1. The van der Waals surface area contributed by atoms with E-state index in [0.717, 1.165) is 6.54 Å². The summed E-state index contributed by atoms with van der Waals surface area (Å²) in [5, 5.41) is 16.4. The highest BCUT2D eigenvalue weighted by molar-refractivity contribution is 7.89. The smallest absolute Gasteiger partial charge is 0.246 e. The van der Waals surface area contributed by atoms with Crippen LogP contribution >= 0.6 is 0 Å². The third-order valence-electron chi connectivity index (χ3n) is 3.28. The molecule has 1 fully saturated rings. The molecule has 8 heteroatoms. The fourth-order valence-corrected chi connectivity index (χ4v) is 3.34. The molecule has 7 nitrogen and oxygen atoms in total. The van der Waals surface area contributed by atoms with Crippen LogP contribution in [-0.4, -0.2) is 59.9 Å². The molecule has 21 heavy (non-hydrogen) atoms. The lowest BCUT2D eigenvalue weighted by atomic mass is 10.6. The van der Waals surface area contributed by atoms with Gasteiger partial charge in [0.15, 0.2) is 0 Å². The van der Waals surface area contributed by atoms with Gasteiger partial charge in [-0.3, -0.25) is 4.68 Å². The lowest BCUT2D eigenvalue weighted by Crippen LogP contribution is -2.33. The first-order valence-electron chi connectivity index (χ1n) is 7.05. The zero-order chi connectivity index (χ0) is 15.3. The molecule has 2 N–H and O–H groups in total. The molecular weight excluding hydrogens is 292 g/mol. The Labute approximate surface area is 125 Å². The van der Waals surface area contributed by atoms with Crippen LogP contribution < -0.4 is 5.32 Å². The van der Waals surface area contributed by atoms with E-state index in [1.54, 1.807) is 4.68 Å². The number of rotatable bonds is 10. The molecule has 0 amide bonds. The highest BCUT2D eigenvalue weighted by Gasteiger charge is 2.25. The van der Waals surface area contributed by atoms with Crippen molar-refractivity contribution in [2.75, 3.05) is 26.2 Å². The molecule has 1 aliphatic rings. The summed E-state index contributed by atoms with van der Waals surface area (Å²) in [6.07, 6.45) is 6.81. The van der Waals surface area contributed by atoms with Gasteiger partial charge < -0.3 is 10.4 Å². The maximum Gasteiger partial charge on any atom is 0.246 e. The van der Waals surface area contributed by atoms with Crippen LogP contribution in [0.5, 0.6) is 0 Å². The van der Waals surface area contributed by atoms with Crippen molar-refractivity contribution in [3.8, 4) is 0 Å². The molecule has 0 bridgehead atoms. The normalized spacial score (nSPS) is 15.5. The van der Waals surface area contributed by atoms with Gasteiger partial charge in [0, 0.05) is 31.9 Å². The minimum absolute atomic E-state index is 0.0444. The fourth-order valence-electron chi connectivity index (χ4n) is 1.98. The second kappa shape index (κ2) is 7.17. The Kier molecular flexibility index (Phi) is 5.51. The van der Waals surface area contributed by atoms with E-state index in [1.165, 1.54) is 35.6 Å². The summed E-state index contributed by atoms with van der Waals surface area (Å²) in [5.74, 6) is 0. The van der Waals surface area contributed by atoms with Gasteiger partial charge in [-0.25, -0.2) is 8.42 Å². The molecule has 1 aliphatic carbocycles. The Hall–Kier alpha value is -1.22. The fraction of sp³-hybridized carbons (Fsp3) is 0.615. The molecule has 1 aromatic heterocycles. The van der Waals surface area contributed by atoms with Gasteiger partial charge in [0.1, 0.15) is 4.90 Å². The van der Waals surface area contributed by atoms with Gasteiger partial charge in [0.2, 0.25) is 10.0 Å². The molecule has 118 valence electrons. The van der Waals surface area contributed by atoms with Crippen LogP contribution in [0.1, 0.15) is 12.8 Å². The Morgan fingerprint density at radius 2 is 2.33 bits per heavy atom. The van der Waals surface area contributed by atoms with E-state index in [1.807, 2.05) is 0 Å². The zero-order valence-electron chi connectivity index (χ0n) is 12.0. The quantitative estimate of drug-likeness (QED) is 0.584. The molecule has 1 heterocycles. The maximum atomic E-state index is 12.4. The predicted molar refractivity (Wildman–Crippen MR) is 79.3 cm³/mol. The molecule has 0 aromatic carbocycles. The van der Waals surface area contributed by atoms with Crippen molar-refractivity contribution in [1.29, 1.82) is 0 Å². The van der Waals surface area contributed by atoms with Crippen LogP contribution in [0.25, 0.3) is 0 Å². The van der Waals surface area contributed by atoms with Gasteiger partial charge >= 0.3 is 0 Å². The molecule has 0 atom stereocenters. The number of hydrogen-bond donors (Lipinski definition) is 2. The molecule has 0 unspecified atom stereocenters. The number of aliphatic hydroxyl groups is 1. The van der Waals surface area contributed by atoms with E-state index in [0.29, 0.717) is 12.6 Å². The van der Waals surface area contributed by atoms with E-state index in [9.17, 15) is 8.42 Å². The lowest BCUT2D eigenvalue weighted by Gasteiger charge is -2.18. The van der Waals surface area contributed by atoms with Crippen LogP contribution in [-0.2, 0) is 16.6 Å². The monoisotopic (exact) mass is 314 g/mol. The highest BCUT2D eigenvalue weighted by Crippen LogP contribution is 2.18. The Morgan fingerprint density at radius 3 is 2.95 bits per heavy atom. The summed E-state index contributed by atoms with van der Waals surface area (Å²) >= 11 is 0. The highest BCUT2D eigenvalue weighted by atomic mass is 32.2. The van der Waals surface area contributed by atoms with Crippen molar-refractivity contribution in [1.82, 2.24) is 19.4 Å². The van der Waals surface area contributed by atoms with E-state index in [2.05, 4.69) is 17.0 Å². The van der Waals surface area contributed by atoms with Crippen LogP contribution in [0.3, 0.4) is 0 Å². The first-order valence-corrected chi connectivity index (χ1v) is 8.49.